The fourth-order valence-corrected chi connectivity index (χ4v) is 1.47. The molecule has 0 heterocycles. The zero-order valence-electron chi connectivity index (χ0n) is 8.55. The SMILES string of the molecule is CC(C)CC(=O)c1cc(F)cc(Cl)c1O. The number of carbonyl (C=O) groups is 1. The number of aromatic hydroxyl groups is 1. The third-order valence-electron chi connectivity index (χ3n) is 1.92. The minimum atomic E-state index is -0.620. The van der Waals surface area contributed by atoms with Gasteiger partial charge in [-0.1, -0.05) is 25.4 Å². The van der Waals surface area contributed by atoms with Crippen molar-refractivity contribution in [1.29, 1.82) is 0 Å². The van der Waals surface area contributed by atoms with Gasteiger partial charge in [0.1, 0.15) is 11.6 Å². The molecule has 0 aliphatic rings. The van der Waals surface area contributed by atoms with Crippen LogP contribution in [0.15, 0.2) is 12.1 Å². The first-order valence-electron chi connectivity index (χ1n) is 4.63. The summed E-state index contributed by atoms with van der Waals surface area (Å²) < 4.78 is 13.0. The molecule has 0 fully saturated rings. The standard InChI is InChI=1S/C11H12ClFO2/c1-6(2)3-10(14)8-4-7(13)5-9(12)11(8)15/h4-6,15H,3H2,1-2H3. The summed E-state index contributed by atoms with van der Waals surface area (Å²) in [6.07, 6.45) is 0.257. The van der Waals surface area contributed by atoms with Gasteiger partial charge < -0.3 is 5.11 Å². The predicted octanol–water partition coefficient (Wildman–Crippen LogP) is 3.41. The first-order chi connectivity index (χ1) is 6.91. The summed E-state index contributed by atoms with van der Waals surface area (Å²) in [5.74, 6) is -1.11. The lowest BCUT2D eigenvalue weighted by Gasteiger charge is -2.07. The molecule has 0 aliphatic heterocycles. The van der Waals surface area contributed by atoms with Crippen LogP contribution in [0.1, 0.15) is 30.6 Å². The molecule has 1 aromatic carbocycles. The van der Waals surface area contributed by atoms with E-state index in [0.29, 0.717) is 0 Å². The number of hydrogen-bond acceptors (Lipinski definition) is 2. The third kappa shape index (κ3) is 2.93. The van der Waals surface area contributed by atoms with E-state index >= 15 is 0 Å². The van der Waals surface area contributed by atoms with Gasteiger partial charge in [-0.3, -0.25) is 4.79 Å². The minimum absolute atomic E-state index is 0.0475. The van der Waals surface area contributed by atoms with Crippen LogP contribution in [-0.2, 0) is 0 Å². The number of phenolic OH excluding ortho intramolecular Hbond substituents is 1. The molecular weight excluding hydrogens is 219 g/mol. The van der Waals surface area contributed by atoms with Crippen molar-refractivity contribution in [3.05, 3.63) is 28.5 Å². The van der Waals surface area contributed by atoms with E-state index in [1.807, 2.05) is 13.8 Å². The smallest absolute Gasteiger partial charge is 0.167 e. The Morgan fingerprint density at radius 1 is 1.53 bits per heavy atom. The Labute approximate surface area is 92.7 Å². The second-order valence-electron chi connectivity index (χ2n) is 3.80. The first-order valence-corrected chi connectivity index (χ1v) is 5.00. The largest absolute Gasteiger partial charge is 0.506 e. The van der Waals surface area contributed by atoms with Crippen molar-refractivity contribution in [2.45, 2.75) is 20.3 Å². The van der Waals surface area contributed by atoms with Crippen LogP contribution in [0.4, 0.5) is 4.39 Å². The topological polar surface area (TPSA) is 37.3 Å². The van der Waals surface area contributed by atoms with Crippen LogP contribution in [0.5, 0.6) is 5.75 Å². The quantitative estimate of drug-likeness (QED) is 0.808. The number of halogens is 2. The van der Waals surface area contributed by atoms with Crippen LogP contribution in [0.3, 0.4) is 0 Å². The van der Waals surface area contributed by atoms with Gasteiger partial charge in [0, 0.05) is 6.42 Å². The van der Waals surface area contributed by atoms with Gasteiger partial charge in [-0.25, -0.2) is 4.39 Å². The van der Waals surface area contributed by atoms with E-state index < -0.39 is 5.82 Å². The monoisotopic (exact) mass is 230 g/mol. The lowest BCUT2D eigenvalue weighted by Crippen LogP contribution is -2.04. The van der Waals surface area contributed by atoms with Crippen molar-refractivity contribution in [3.8, 4) is 5.75 Å². The summed E-state index contributed by atoms with van der Waals surface area (Å²) in [5, 5.41) is 9.35. The zero-order valence-corrected chi connectivity index (χ0v) is 9.31. The van der Waals surface area contributed by atoms with Crippen LogP contribution in [0, 0.1) is 11.7 Å². The molecule has 0 aromatic heterocycles. The summed E-state index contributed by atoms with van der Waals surface area (Å²) in [7, 11) is 0. The maximum atomic E-state index is 13.0. The van der Waals surface area contributed by atoms with Crippen molar-refractivity contribution < 1.29 is 14.3 Å². The molecule has 0 spiro atoms. The summed E-state index contributed by atoms with van der Waals surface area (Å²) in [6.45, 7) is 3.74. The highest BCUT2D eigenvalue weighted by Crippen LogP contribution is 2.29. The highest BCUT2D eigenvalue weighted by molar-refractivity contribution is 6.32. The van der Waals surface area contributed by atoms with Gasteiger partial charge in [0.15, 0.2) is 5.78 Å². The Bertz CT molecular complexity index is 388. The van der Waals surface area contributed by atoms with Gasteiger partial charge in [0.2, 0.25) is 0 Å². The molecular formula is C11H12ClFO2. The van der Waals surface area contributed by atoms with Crippen LogP contribution in [0.2, 0.25) is 5.02 Å². The van der Waals surface area contributed by atoms with Crippen molar-refractivity contribution in [3.63, 3.8) is 0 Å². The summed E-state index contributed by atoms with van der Waals surface area (Å²) in [4.78, 5) is 11.6. The average molecular weight is 231 g/mol. The molecule has 0 saturated heterocycles. The summed E-state index contributed by atoms with van der Waals surface area (Å²) in [5.41, 5.74) is -0.0475. The third-order valence-corrected chi connectivity index (χ3v) is 2.21. The highest BCUT2D eigenvalue weighted by Gasteiger charge is 2.16. The highest BCUT2D eigenvalue weighted by atomic mass is 35.5. The second-order valence-corrected chi connectivity index (χ2v) is 4.21. The maximum absolute atomic E-state index is 13.0. The molecule has 0 amide bonds. The summed E-state index contributed by atoms with van der Waals surface area (Å²) >= 11 is 5.56. The Balaban J connectivity index is 3.08. The van der Waals surface area contributed by atoms with E-state index in [9.17, 15) is 14.3 Å². The Hall–Kier alpha value is -1.09. The molecule has 1 rings (SSSR count). The van der Waals surface area contributed by atoms with Crippen LogP contribution in [0.25, 0.3) is 0 Å². The van der Waals surface area contributed by atoms with Crippen molar-refractivity contribution >= 4 is 17.4 Å². The molecule has 0 aliphatic carbocycles. The van der Waals surface area contributed by atoms with Crippen LogP contribution in [-0.4, -0.2) is 10.9 Å². The van der Waals surface area contributed by atoms with E-state index in [0.717, 1.165) is 12.1 Å². The molecule has 82 valence electrons. The Morgan fingerprint density at radius 2 is 2.13 bits per heavy atom. The van der Waals surface area contributed by atoms with Crippen molar-refractivity contribution in [2.24, 2.45) is 5.92 Å². The molecule has 0 unspecified atom stereocenters. The van der Waals surface area contributed by atoms with Crippen molar-refractivity contribution in [2.75, 3.05) is 0 Å². The van der Waals surface area contributed by atoms with Gasteiger partial charge in [0.25, 0.3) is 0 Å². The zero-order chi connectivity index (χ0) is 11.6. The predicted molar refractivity (Wildman–Crippen MR) is 56.9 cm³/mol. The molecule has 2 nitrogen and oxygen atoms in total. The maximum Gasteiger partial charge on any atom is 0.167 e. The Kier molecular flexibility index (Phi) is 3.69. The van der Waals surface area contributed by atoms with E-state index in [4.69, 9.17) is 11.6 Å². The molecule has 1 N–H and O–H groups in total. The van der Waals surface area contributed by atoms with Gasteiger partial charge >= 0.3 is 0 Å². The molecule has 0 radical (unpaired) electrons. The van der Waals surface area contributed by atoms with E-state index in [1.54, 1.807) is 0 Å². The van der Waals surface area contributed by atoms with E-state index in [1.165, 1.54) is 0 Å². The fourth-order valence-electron chi connectivity index (χ4n) is 1.26. The number of hydrogen-bond donors (Lipinski definition) is 1. The number of rotatable bonds is 3. The van der Waals surface area contributed by atoms with Gasteiger partial charge in [0.05, 0.1) is 10.6 Å². The number of carbonyl (C=O) groups excluding carboxylic acids is 1. The average Bonchev–Trinajstić information content (AvgIpc) is 2.09. The Morgan fingerprint density at radius 3 is 2.67 bits per heavy atom. The molecule has 1 aromatic rings. The van der Waals surface area contributed by atoms with Crippen LogP contribution < -0.4 is 0 Å². The molecule has 0 bridgehead atoms. The lowest BCUT2D eigenvalue weighted by molar-refractivity contribution is 0.0965. The number of benzene rings is 1. The van der Waals surface area contributed by atoms with Gasteiger partial charge in [-0.15, -0.1) is 0 Å². The molecule has 0 atom stereocenters. The molecule has 0 saturated carbocycles. The number of phenols is 1. The summed E-state index contributed by atoms with van der Waals surface area (Å²) in [6, 6.07) is 1.98. The molecule has 15 heavy (non-hydrogen) atoms. The van der Waals surface area contributed by atoms with E-state index in [2.05, 4.69) is 0 Å². The normalized spacial score (nSPS) is 10.7. The number of Topliss-reactive ketones (excluding diaryl/α,β-unsaturated/α-hetero) is 1. The first kappa shape index (κ1) is 12.0. The number of ketones is 1. The fraction of sp³-hybridized carbons (Fsp3) is 0.364. The van der Waals surface area contributed by atoms with Crippen molar-refractivity contribution in [1.82, 2.24) is 0 Å². The second kappa shape index (κ2) is 4.62. The minimum Gasteiger partial charge on any atom is -0.506 e. The van der Waals surface area contributed by atoms with Gasteiger partial charge in [-0.05, 0) is 18.1 Å². The molecule has 4 heteroatoms. The lowest BCUT2D eigenvalue weighted by atomic mass is 10.0. The van der Waals surface area contributed by atoms with E-state index in [-0.39, 0.29) is 34.5 Å². The van der Waals surface area contributed by atoms with Gasteiger partial charge in [-0.2, -0.15) is 0 Å². The van der Waals surface area contributed by atoms with Crippen LogP contribution >= 0.6 is 11.6 Å².